The Kier molecular flexibility index (Phi) is 3.72. The van der Waals surface area contributed by atoms with Crippen LogP contribution in [0.1, 0.15) is 27.7 Å². The molecule has 4 heteroatoms. The van der Waals surface area contributed by atoms with Gasteiger partial charge in [-0.3, -0.25) is 4.79 Å². The number of aromatic hydroxyl groups is 1. The minimum Gasteiger partial charge on any atom is -0.508 e. The van der Waals surface area contributed by atoms with Gasteiger partial charge in [-0.25, -0.2) is 0 Å². The van der Waals surface area contributed by atoms with Crippen LogP contribution in [0.4, 0.5) is 0 Å². The number of carbonyl (C=O) groups excluding carboxylic acids is 1. The summed E-state index contributed by atoms with van der Waals surface area (Å²) in [6, 6.07) is 11.3. The van der Waals surface area contributed by atoms with E-state index >= 15 is 0 Å². The molecule has 2 atom stereocenters. The van der Waals surface area contributed by atoms with Crippen LogP contribution in [0.2, 0.25) is 0 Å². The summed E-state index contributed by atoms with van der Waals surface area (Å²) in [6.07, 6.45) is 0.961. The van der Waals surface area contributed by atoms with Crippen LogP contribution in [-0.2, 0) is 11.3 Å². The zero-order chi connectivity index (χ0) is 15.0. The molecule has 0 spiro atoms. The zero-order valence-corrected chi connectivity index (χ0v) is 13.1. The summed E-state index contributed by atoms with van der Waals surface area (Å²) in [4.78, 5) is 16.8. The first-order chi connectivity index (χ1) is 10.0. The molecule has 0 aliphatic heterocycles. The molecule has 0 bridgehead atoms. The van der Waals surface area contributed by atoms with Crippen molar-refractivity contribution in [2.45, 2.75) is 25.8 Å². The average molecular weight is 301 g/mol. The number of amides is 1. The lowest BCUT2D eigenvalue weighted by molar-refractivity contribution is -0.131. The van der Waals surface area contributed by atoms with Gasteiger partial charge in [-0.05, 0) is 43.2 Å². The number of hydrogen-bond donors (Lipinski definition) is 1. The van der Waals surface area contributed by atoms with E-state index < -0.39 is 0 Å². The molecule has 1 aromatic heterocycles. The maximum atomic E-state index is 12.5. The van der Waals surface area contributed by atoms with E-state index in [1.165, 1.54) is 9.75 Å². The summed E-state index contributed by atoms with van der Waals surface area (Å²) in [5.41, 5.74) is 0.954. The van der Waals surface area contributed by atoms with Crippen LogP contribution in [0.15, 0.2) is 36.4 Å². The lowest BCUT2D eigenvalue weighted by Crippen LogP contribution is -2.27. The smallest absolute Gasteiger partial charge is 0.226 e. The van der Waals surface area contributed by atoms with E-state index in [1.807, 2.05) is 13.1 Å². The number of carbonyl (C=O) groups is 1. The van der Waals surface area contributed by atoms with Crippen LogP contribution >= 0.6 is 11.3 Å². The van der Waals surface area contributed by atoms with E-state index in [1.54, 1.807) is 34.4 Å². The highest BCUT2D eigenvalue weighted by molar-refractivity contribution is 7.12. The molecule has 1 aromatic carbocycles. The zero-order valence-electron chi connectivity index (χ0n) is 12.2. The van der Waals surface area contributed by atoms with Gasteiger partial charge in [-0.2, -0.15) is 0 Å². The lowest BCUT2D eigenvalue weighted by atomic mass is 10.2. The van der Waals surface area contributed by atoms with Gasteiger partial charge in [-0.15, -0.1) is 11.3 Å². The first-order valence-electron chi connectivity index (χ1n) is 7.14. The summed E-state index contributed by atoms with van der Waals surface area (Å²) in [5.74, 6) is 0.981. The molecule has 1 heterocycles. The number of nitrogens with zero attached hydrogens (tertiary/aromatic N) is 1. The third-order valence-corrected chi connectivity index (χ3v) is 5.07. The fraction of sp³-hybridized carbons (Fsp3) is 0.353. The molecule has 0 unspecified atom stereocenters. The van der Waals surface area contributed by atoms with E-state index in [-0.39, 0.29) is 17.6 Å². The normalized spacial score (nSPS) is 20.3. The van der Waals surface area contributed by atoms with Crippen molar-refractivity contribution >= 4 is 17.2 Å². The van der Waals surface area contributed by atoms with Gasteiger partial charge in [0.25, 0.3) is 0 Å². The van der Waals surface area contributed by atoms with Crippen LogP contribution < -0.4 is 0 Å². The van der Waals surface area contributed by atoms with Crippen LogP contribution in [0.5, 0.6) is 5.75 Å². The fourth-order valence-electron chi connectivity index (χ4n) is 2.72. The Morgan fingerprint density at radius 1 is 1.38 bits per heavy atom. The molecule has 1 saturated carbocycles. The average Bonchev–Trinajstić information content (AvgIpc) is 3.13. The van der Waals surface area contributed by atoms with Gasteiger partial charge >= 0.3 is 0 Å². The Morgan fingerprint density at radius 2 is 2.19 bits per heavy atom. The Hall–Kier alpha value is -1.81. The first kappa shape index (κ1) is 14.1. The van der Waals surface area contributed by atoms with Crippen molar-refractivity contribution in [2.24, 2.45) is 5.92 Å². The largest absolute Gasteiger partial charge is 0.508 e. The van der Waals surface area contributed by atoms with E-state index in [4.69, 9.17) is 0 Å². The van der Waals surface area contributed by atoms with E-state index in [0.717, 1.165) is 12.0 Å². The number of hydrogen-bond acceptors (Lipinski definition) is 3. The standard InChI is InChI=1S/C17H19NO2S/c1-11-6-7-16(21-11)14-9-15(14)17(20)18(2)10-12-4-3-5-13(19)8-12/h3-8,14-15,19H,9-10H2,1-2H3/t14-,15-/m1/s1. The summed E-state index contributed by atoms with van der Waals surface area (Å²) >= 11 is 1.79. The molecule has 1 aliphatic carbocycles. The molecule has 3 nitrogen and oxygen atoms in total. The molecular formula is C17H19NO2S. The minimum atomic E-state index is 0.130. The Balaban J connectivity index is 1.61. The first-order valence-corrected chi connectivity index (χ1v) is 7.95. The van der Waals surface area contributed by atoms with Gasteiger partial charge in [0.05, 0.1) is 0 Å². The molecule has 3 rings (SSSR count). The fourth-order valence-corrected chi connectivity index (χ4v) is 3.78. The molecule has 0 saturated heterocycles. The van der Waals surface area contributed by atoms with Gasteiger partial charge in [0, 0.05) is 35.2 Å². The van der Waals surface area contributed by atoms with Crippen LogP contribution in [0, 0.1) is 12.8 Å². The Labute approximate surface area is 128 Å². The van der Waals surface area contributed by atoms with Gasteiger partial charge < -0.3 is 10.0 Å². The van der Waals surface area contributed by atoms with Crippen molar-refractivity contribution in [2.75, 3.05) is 7.05 Å². The van der Waals surface area contributed by atoms with Gasteiger partial charge in [0.2, 0.25) is 5.91 Å². The van der Waals surface area contributed by atoms with E-state index in [2.05, 4.69) is 19.1 Å². The highest BCUT2D eigenvalue weighted by Crippen LogP contribution is 2.50. The van der Waals surface area contributed by atoms with Crippen molar-refractivity contribution in [3.63, 3.8) is 0 Å². The van der Waals surface area contributed by atoms with E-state index in [9.17, 15) is 9.90 Å². The third kappa shape index (κ3) is 3.10. The minimum absolute atomic E-state index is 0.130. The quantitative estimate of drug-likeness (QED) is 0.938. The van der Waals surface area contributed by atoms with Gasteiger partial charge in [0.1, 0.15) is 5.75 Å². The number of benzene rings is 1. The number of phenols is 1. The van der Waals surface area contributed by atoms with Gasteiger partial charge in [-0.1, -0.05) is 12.1 Å². The van der Waals surface area contributed by atoms with Crippen LogP contribution in [0.25, 0.3) is 0 Å². The maximum absolute atomic E-state index is 12.5. The van der Waals surface area contributed by atoms with Crippen molar-refractivity contribution in [1.29, 1.82) is 0 Å². The molecule has 1 fully saturated rings. The Bertz CT molecular complexity index is 664. The van der Waals surface area contributed by atoms with Gasteiger partial charge in [0.15, 0.2) is 0 Å². The van der Waals surface area contributed by atoms with Crippen LogP contribution in [0.3, 0.4) is 0 Å². The van der Waals surface area contributed by atoms with E-state index in [0.29, 0.717) is 12.5 Å². The summed E-state index contributed by atoms with van der Waals surface area (Å²) in [7, 11) is 1.83. The Morgan fingerprint density at radius 3 is 2.86 bits per heavy atom. The number of thiophene rings is 1. The van der Waals surface area contributed by atoms with Crippen molar-refractivity contribution in [3.8, 4) is 5.75 Å². The predicted molar refractivity (Wildman–Crippen MR) is 84.5 cm³/mol. The summed E-state index contributed by atoms with van der Waals surface area (Å²) < 4.78 is 0. The second-order valence-corrected chi connectivity index (χ2v) is 7.08. The van der Waals surface area contributed by atoms with Crippen molar-refractivity contribution in [3.05, 3.63) is 51.7 Å². The molecule has 21 heavy (non-hydrogen) atoms. The number of rotatable bonds is 4. The molecule has 1 N–H and O–H groups in total. The van der Waals surface area contributed by atoms with Crippen LogP contribution in [-0.4, -0.2) is 23.0 Å². The molecule has 1 amide bonds. The summed E-state index contributed by atoms with van der Waals surface area (Å²) in [5, 5.41) is 9.48. The predicted octanol–water partition coefficient (Wildman–Crippen LogP) is 3.52. The van der Waals surface area contributed by atoms with Crippen molar-refractivity contribution in [1.82, 2.24) is 4.90 Å². The molecule has 0 radical (unpaired) electrons. The lowest BCUT2D eigenvalue weighted by Gasteiger charge is -2.17. The molecular weight excluding hydrogens is 282 g/mol. The second-order valence-electron chi connectivity index (χ2n) is 5.76. The second kappa shape index (κ2) is 5.53. The molecule has 2 aromatic rings. The maximum Gasteiger partial charge on any atom is 0.226 e. The summed E-state index contributed by atoms with van der Waals surface area (Å²) in [6.45, 7) is 2.64. The molecule has 1 aliphatic rings. The monoisotopic (exact) mass is 301 g/mol. The van der Waals surface area contributed by atoms with Crippen molar-refractivity contribution < 1.29 is 9.90 Å². The number of aryl methyl sites for hydroxylation is 1. The molecule has 110 valence electrons. The topological polar surface area (TPSA) is 40.5 Å². The third-order valence-electron chi connectivity index (χ3n) is 3.94. The SMILES string of the molecule is Cc1ccc([C@@H]2C[C@H]2C(=O)N(C)Cc2cccc(O)c2)s1. The highest BCUT2D eigenvalue weighted by atomic mass is 32.1. The highest BCUT2D eigenvalue weighted by Gasteiger charge is 2.45. The number of phenolic OH excluding ortho intramolecular Hbond substituents is 1.